The number of hydrogen-bond acceptors (Lipinski definition) is 15. The smallest absolute Gasteiger partial charge is 0.297 e. The molecule has 27 heteroatoms. The molecule has 0 aliphatic carbocycles. The highest BCUT2D eigenvalue weighted by atomic mass is 32.2. The lowest BCUT2D eigenvalue weighted by Crippen LogP contribution is -2.64. The molecular formula is C16H14F4N8O13S2. The molecule has 0 aliphatic rings. The van der Waals surface area contributed by atoms with Gasteiger partial charge < -0.3 is 0 Å². The molecule has 2 aromatic carbocycles. The van der Waals surface area contributed by atoms with E-state index in [9.17, 15) is 75.2 Å². The Morgan fingerprint density at radius 3 is 1.40 bits per heavy atom. The van der Waals surface area contributed by atoms with Gasteiger partial charge in [-0.1, -0.05) is 17.9 Å². The molecule has 0 amide bonds. The van der Waals surface area contributed by atoms with Gasteiger partial charge in [-0.05, 0) is 28.7 Å². The van der Waals surface area contributed by atoms with Crippen LogP contribution in [-0.4, -0.2) is 81.7 Å². The van der Waals surface area contributed by atoms with Crippen molar-refractivity contribution in [1.29, 1.82) is 0 Å². The van der Waals surface area contributed by atoms with E-state index < -0.39 is 106 Å². The average Bonchev–Trinajstić information content (AvgIpc) is 2.91. The Morgan fingerprint density at radius 1 is 0.674 bits per heavy atom. The minimum Gasteiger partial charge on any atom is -0.297 e. The van der Waals surface area contributed by atoms with E-state index in [-0.39, 0.29) is 0 Å². The number of halogens is 4. The number of hydrazine groups is 1. The standard InChI is InChI=1S/C16H14F4N8O13S2/c17-25(18)16(26(19)20,10-22(27(33)34)43(39,40)15-7-3-13(4-8-15)24(31)32)9-21(11-41-28(35)36)42(37,38)14-5-1-12(2-6-14)23(29)30/h1-8H,9-11H2. The van der Waals surface area contributed by atoms with Crippen LogP contribution in [0, 0.1) is 40.5 Å². The van der Waals surface area contributed by atoms with E-state index >= 15 is 0 Å². The van der Waals surface area contributed by atoms with Crippen LogP contribution in [0.5, 0.6) is 0 Å². The summed E-state index contributed by atoms with van der Waals surface area (Å²) in [6.07, 6.45) is 0. The number of rotatable bonds is 16. The maximum absolute atomic E-state index is 14.2. The second kappa shape index (κ2) is 13.0. The first-order chi connectivity index (χ1) is 19.8. The first-order valence-electron chi connectivity index (χ1n) is 10.4. The zero-order valence-corrected chi connectivity index (χ0v) is 22.1. The lowest BCUT2D eigenvalue weighted by atomic mass is 10.2. The first-order valence-corrected chi connectivity index (χ1v) is 13.3. The third-order valence-electron chi connectivity index (χ3n) is 5.24. The maximum Gasteiger partial charge on any atom is 0.313 e. The first kappa shape index (κ1) is 34.3. The summed E-state index contributed by atoms with van der Waals surface area (Å²) in [7, 11) is -11.1. The zero-order chi connectivity index (χ0) is 32.9. The molecule has 0 saturated carbocycles. The second-order valence-electron chi connectivity index (χ2n) is 7.77. The SMILES string of the molecule is O=[N+]([O-])OCN(CC(CN([N+](=O)[O-])S(=O)(=O)c1ccc([N+](=O)[O-])cc1)(N(F)F)N(F)F)S(=O)(=O)c1ccc([N+](=O)[O-])cc1. The highest BCUT2D eigenvalue weighted by molar-refractivity contribution is 7.89. The van der Waals surface area contributed by atoms with E-state index in [0.29, 0.717) is 48.5 Å². The third-order valence-corrected chi connectivity index (χ3v) is 8.71. The molecule has 0 aromatic heterocycles. The van der Waals surface area contributed by atoms with Crippen LogP contribution in [-0.2, 0) is 24.9 Å². The Kier molecular flexibility index (Phi) is 10.4. The Balaban J connectivity index is 2.67. The highest BCUT2D eigenvalue weighted by Gasteiger charge is 2.56. The van der Waals surface area contributed by atoms with Crippen molar-refractivity contribution in [2.45, 2.75) is 15.5 Å². The fourth-order valence-electron chi connectivity index (χ4n) is 3.11. The Morgan fingerprint density at radius 2 is 1.07 bits per heavy atom. The number of non-ortho nitro benzene ring substituents is 2. The summed E-state index contributed by atoms with van der Waals surface area (Å²) in [5.74, 6) is 0. The van der Waals surface area contributed by atoms with Crippen LogP contribution in [0.4, 0.5) is 29.3 Å². The lowest BCUT2D eigenvalue weighted by molar-refractivity contribution is -0.761. The summed E-state index contributed by atoms with van der Waals surface area (Å²) in [6.45, 7) is -6.87. The van der Waals surface area contributed by atoms with Gasteiger partial charge in [0.05, 0.1) is 36.9 Å². The molecule has 2 rings (SSSR count). The summed E-state index contributed by atoms with van der Waals surface area (Å²) in [5, 5.41) is 35.3. The van der Waals surface area contributed by atoms with Crippen molar-refractivity contribution in [3.8, 4) is 0 Å². The minimum absolute atomic E-state index is 0.410. The molecule has 0 spiro atoms. The quantitative estimate of drug-likeness (QED) is 0.0805. The summed E-state index contributed by atoms with van der Waals surface area (Å²) < 4.78 is 107. The molecule has 2 aromatic rings. The number of benzene rings is 2. The van der Waals surface area contributed by atoms with Crippen molar-refractivity contribution in [3.63, 3.8) is 0 Å². The Hall–Kier alpha value is -4.86. The average molecular weight is 666 g/mol. The molecule has 0 aliphatic heterocycles. The number of nitro groups is 3. The summed E-state index contributed by atoms with van der Waals surface area (Å²) >= 11 is 0. The fourth-order valence-corrected chi connectivity index (χ4v) is 5.73. The van der Waals surface area contributed by atoms with Crippen LogP contribution in [0.2, 0.25) is 0 Å². The van der Waals surface area contributed by atoms with Crippen LogP contribution in [0.3, 0.4) is 0 Å². The van der Waals surface area contributed by atoms with Crippen LogP contribution >= 0.6 is 0 Å². The predicted octanol–water partition coefficient (Wildman–Crippen LogP) is 1.38. The summed E-state index contributed by atoms with van der Waals surface area (Å²) in [6, 6.07) is 4.00. The van der Waals surface area contributed by atoms with E-state index in [0.717, 1.165) is 0 Å². The number of nitro benzene ring substituents is 2. The van der Waals surface area contributed by atoms with Gasteiger partial charge in [0.25, 0.3) is 16.5 Å². The van der Waals surface area contributed by atoms with Crippen LogP contribution < -0.4 is 0 Å². The Labute approximate surface area is 235 Å². The molecular weight excluding hydrogens is 652 g/mol. The third kappa shape index (κ3) is 7.51. The van der Waals surface area contributed by atoms with Gasteiger partial charge in [0.15, 0.2) is 11.8 Å². The van der Waals surface area contributed by atoms with Crippen LogP contribution in [0.15, 0.2) is 58.3 Å². The van der Waals surface area contributed by atoms with E-state index in [1.807, 2.05) is 0 Å². The van der Waals surface area contributed by atoms with Gasteiger partial charge >= 0.3 is 10.0 Å². The summed E-state index contributed by atoms with van der Waals surface area (Å²) in [4.78, 5) is 43.6. The van der Waals surface area contributed by atoms with Crippen molar-refractivity contribution in [2.24, 2.45) is 0 Å². The van der Waals surface area contributed by atoms with Gasteiger partial charge in [-0.25, -0.2) is 18.5 Å². The normalized spacial score (nSPS) is 12.3. The summed E-state index contributed by atoms with van der Waals surface area (Å²) in [5.41, 5.74) is -6.03. The molecule has 236 valence electrons. The van der Waals surface area contributed by atoms with Gasteiger partial charge in [-0.3, -0.25) is 25.1 Å². The number of hydrogen-bond donors (Lipinski definition) is 0. The topological polar surface area (TPSA) is 263 Å². The van der Waals surface area contributed by atoms with E-state index in [2.05, 4.69) is 4.84 Å². The van der Waals surface area contributed by atoms with Crippen LogP contribution in [0.1, 0.15) is 0 Å². The van der Waals surface area contributed by atoms with Crippen molar-refractivity contribution >= 4 is 31.4 Å². The maximum atomic E-state index is 14.2. The predicted molar refractivity (Wildman–Crippen MR) is 125 cm³/mol. The molecule has 0 fully saturated rings. The Bertz CT molecular complexity index is 1590. The molecule has 0 N–H and O–H groups in total. The van der Waals surface area contributed by atoms with Gasteiger partial charge in [-0.2, -0.15) is 12.7 Å². The van der Waals surface area contributed by atoms with Crippen molar-refractivity contribution < 1.29 is 59.6 Å². The molecule has 0 saturated heterocycles. The van der Waals surface area contributed by atoms with E-state index in [4.69, 9.17) is 0 Å². The van der Waals surface area contributed by atoms with Gasteiger partial charge in [0.1, 0.15) is 6.54 Å². The molecule has 0 heterocycles. The monoisotopic (exact) mass is 666 g/mol. The molecule has 0 bridgehead atoms. The van der Waals surface area contributed by atoms with Crippen molar-refractivity contribution in [3.05, 3.63) is 89.0 Å². The largest absolute Gasteiger partial charge is 0.313 e. The zero-order valence-electron chi connectivity index (χ0n) is 20.5. The number of nitrogens with zero attached hydrogens (tertiary/aromatic N) is 8. The second-order valence-corrected chi connectivity index (χ2v) is 11.6. The van der Waals surface area contributed by atoms with Crippen molar-refractivity contribution in [2.75, 3.05) is 19.8 Å². The fraction of sp³-hybridized carbons (Fsp3) is 0.250. The molecule has 0 radical (unpaired) electrons. The number of sulfonamides is 2. The van der Waals surface area contributed by atoms with E-state index in [1.165, 1.54) is 0 Å². The van der Waals surface area contributed by atoms with Gasteiger partial charge in [0, 0.05) is 24.3 Å². The van der Waals surface area contributed by atoms with Gasteiger partial charge in [-0.15, -0.1) is 10.1 Å². The lowest BCUT2D eigenvalue weighted by Gasteiger charge is -2.36. The van der Waals surface area contributed by atoms with E-state index in [1.54, 1.807) is 0 Å². The molecule has 21 nitrogen and oxygen atoms in total. The molecule has 43 heavy (non-hydrogen) atoms. The molecule has 0 atom stereocenters. The van der Waals surface area contributed by atoms with Crippen LogP contribution in [0.25, 0.3) is 0 Å². The minimum atomic E-state index is -5.68. The van der Waals surface area contributed by atoms with Gasteiger partial charge in [0.2, 0.25) is 15.7 Å². The highest BCUT2D eigenvalue weighted by Crippen LogP contribution is 2.32. The molecule has 0 unspecified atom stereocenters. The van der Waals surface area contributed by atoms with Crippen molar-refractivity contribution in [1.82, 2.24) is 19.4 Å².